The molecule has 2 aliphatic rings. The van der Waals surface area contributed by atoms with E-state index in [1.807, 2.05) is 18.2 Å². The van der Waals surface area contributed by atoms with Crippen LogP contribution in [-0.2, 0) is 16.1 Å². The van der Waals surface area contributed by atoms with Gasteiger partial charge in [0.1, 0.15) is 0 Å². The maximum Gasteiger partial charge on any atom is 0.231 e. The molecule has 31 heavy (non-hydrogen) atoms. The van der Waals surface area contributed by atoms with Gasteiger partial charge in [0.05, 0.1) is 0 Å². The first-order valence-electron chi connectivity index (χ1n) is 11.7. The zero-order chi connectivity index (χ0) is 22.1. The SMILES string of the molecule is CC(=O)Nc1cccc(N2CCN(CCCC(CC3CCCCC3)NS(=O)O)CC2)c1. The summed E-state index contributed by atoms with van der Waals surface area (Å²) in [5, 5.41) is 2.85. The number of piperazine rings is 1. The van der Waals surface area contributed by atoms with Gasteiger partial charge < -0.3 is 10.2 Å². The second-order valence-electron chi connectivity index (χ2n) is 9.01. The molecule has 7 nitrogen and oxygen atoms in total. The molecule has 2 unspecified atom stereocenters. The lowest BCUT2D eigenvalue weighted by Crippen LogP contribution is -2.46. The smallest absolute Gasteiger partial charge is 0.231 e. The fourth-order valence-electron chi connectivity index (χ4n) is 4.97. The number of benzene rings is 1. The Bertz CT molecular complexity index is 719. The van der Waals surface area contributed by atoms with Crippen LogP contribution < -0.4 is 14.9 Å². The monoisotopic (exact) mass is 450 g/mol. The minimum Gasteiger partial charge on any atom is -0.369 e. The van der Waals surface area contributed by atoms with Crippen molar-refractivity contribution in [2.45, 2.75) is 64.3 Å². The molecule has 1 amide bonds. The van der Waals surface area contributed by atoms with E-state index in [1.54, 1.807) is 0 Å². The number of carbonyl (C=O) groups is 1. The number of anilines is 2. The average molecular weight is 451 g/mol. The lowest BCUT2D eigenvalue weighted by molar-refractivity contribution is -0.114. The van der Waals surface area contributed by atoms with Gasteiger partial charge in [-0.05, 0) is 49.9 Å². The van der Waals surface area contributed by atoms with E-state index in [2.05, 4.69) is 25.9 Å². The van der Waals surface area contributed by atoms with Crippen LogP contribution in [-0.4, -0.2) is 58.3 Å². The zero-order valence-corrected chi connectivity index (χ0v) is 19.5. The summed E-state index contributed by atoms with van der Waals surface area (Å²) < 4.78 is 23.5. The second-order valence-corrected chi connectivity index (χ2v) is 9.74. The number of rotatable bonds is 10. The quantitative estimate of drug-likeness (QED) is 0.474. The number of hydrogen-bond donors (Lipinski definition) is 3. The van der Waals surface area contributed by atoms with Crippen molar-refractivity contribution in [1.82, 2.24) is 9.62 Å². The Morgan fingerprint density at radius 1 is 1.19 bits per heavy atom. The third-order valence-electron chi connectivity index (χ3n) is 6.54. The third kappa shape index (κ3) is 8.52. The third-order valence-corrected chi connectivity index (χ3v) is 7.08. The van der Waals surface area contributed by atoms with Gasteiger partial charge in [-0.3, -0.25) is 14.2 Å². The summed E-state index contributed by atoms with van der Waals surface area (Å²) in [5.41, 5.74) is 1.98. The van der Waals surface area contributed by atoms with Crippen LogP contribution in [0.4, 0.5) is 11.4 Å². The van der Waals surface area contributed by atoms with E-state index < -0.39 is 11.3 Å². The van der Waals surface area contributed by atoms with Gasteiger partial charge in [0.25, 0.3) is 0 Å². The molecule has 3 N–H and O–H groups in total. The molecule has 2 fully saturated rings. The highest BCUT2D eigenvalue weighted by Gasteiger charge is 2.21. The topological polar surface area (TPSA) is 84.9 Å². The maximum atomic E-state index is 11.3. The van der Waals surface area contributed by atoms with E-state index in [-0.39, 0.29) is 11.9 Å². The van der Waals surface area contributed by atoms with Crippen molar-refractivity contribution < 1.29 is 13.6 Å². The van der Waals surface area contributed by atoms with Crippen LogP contribution in [0.15, 0.2) is 24.3 Å². The predicted molar refractivity (Wildman–Crippen MR) is 128 cm³/mol. The summed E-state index contributed by atoms with van der Waals surface area (Å²) in [6, 6.07) is 8.16. The molecule has 0 bridgehead atoms. The Hall–Kier alpha value is -1.48. The maximum absolute atomic E-state index is 11.3. The minimum absolute atomic E-state index is 0.0525. The summed E-state index contributed by atoms with van der Waals surface area (Å²) >= 11 is -1.94. The van der Waals surface area contributed by atoms with Crippen molar-refractivity contribution >= 4 is 28.5 Å². The Morgan fingerprint density at radius 2 is 1.94 bits per heavy atom. The molecule has 1 heterocycles. The molecule has 1 saturated heterocycles. The van der Waals surface area contributed by atoms with Gasteiger partial charge in [0, 0.05) is 50.5 Å². The van der Waals surface area contributed by atoms with Gasteiger partial charge in [-0.15, -0.1) is 0 Å². The number of nitrogens with zero attached hydrogens (tertiary/aromatic N) is 2. The Labute approximate surface area is 189 Å². The molecule has 174 valence electrons. The summed E-state index contributed by atoms with van der Waals surface area (Å²) in [6.07, 6.45) is 9.48. The van der Waals surface area contributed by atoms with Crippen LogP contribution >= 0.6 is 0 Å². The molecule has 1 aliphatic heterocycles. The highest BCUT2D eigenvalue weighted by atomic mass is 32.2. The number of carbonyl (C=O) groups excluding carboxylic acids is 1. The number of hydrogen-bond acceptors (Lipinski definition) is 4. The van der Waals surface area contributed by atoms with Gasteiger partial charge in [0.15, 0.2) is 0 Å². The molecular formula is C23H38N4O3S. The van der Waals surface area contributed by atoms with Crippen LogP contribution in [0.1, 0.15) is 58.3 Å². The van der Waals surface area contributed by atoms with Crippen molar-refractivity contribution in [2.75, 3.05) is 42.9 Å². The summed E-state index contributed by atoms with van der Waals surface area (Å²) in [6.45, 7) is 6.51. The van der Waals surface area contributed by atoms with Crippen LogP contribution in [0.2, 0.25) is 0 Å². The Balaban J connectivity index is 1.40. The Morgan fingerprint density at radius 3 is 2.61 bits per heavy atom. The van der Waals surface area contributed by atoms with Gasteiger partial charge >= 0.3 is 0 Å². The molecule has 0 spiro atoms. The van der Waals surface area contributed by atoms with Crippen LogP contribution in [0, 0.1) is 5.92 Å². The minimum atomic E-state index is -1.94. The predicted octanol–water partition coefficient (Wildman–Crippen LogP) is 3.61. The second kappa shape index (κ2) is 12.5. The fraction of sp³-hybridized carbons (Fsp3) is 0.696. The summed E-state index contributed by atoms with van der Waals surface area (Å²) in [4.78, 5) is 16.1. The normalized spacial score (nSPS) is 20.4. The van der Waals surface area contributed by atoms with E-state index in [0.717, 1.165) is 63.4 Å². The number of amides is 1. The average Bonchev–Trinajstić information content (AvgIpc) is 2.74. The van der Waals surface area contributed by atoms with Crippen molar-refractivity contribution in [1.29, 1.82) is 0 Å². The van der Waals surface area contributed by atoms with Crippen LogP contribution in [0.3, 0.4) is 0 Å². The van der Waals surface area contributed by atoms with E-state index in [1.165, 1.54) is 39.0 Å². The lowest BCUT2D eigenvalue weighted by Gasteiger charge is -2.36. The molecule has 1 saturated carbocycles. The zero-order valence-electron chi connectivity index (χ0n) is 18.7. The van der Waals surface area contributed by atoms with Gasteiger partial charge in [0.2, 0.25) is 17.2 Å². The van der Waals surface area contributed by atoms with Gasteiger partial charge in [-0.25, -0.2) is 8.93 Å². The van der Waals surface area contributed by atoms with Gasteiger partial charge in [-0.1, -0.05) is 38.2 Å². The lowest BCUT2D eigenvalue weighted by atomic mass is 9.84. The molecule has 1 aromatic carbocycles. The standard InChI is InChI=1S/C23H38N4O3S/c1-19(28)24-21-9-5-11-23(18-21)27-15-13-26(14-16-27)12-6-10-22(25-31(29)30)17-20-7-3-2-4-8-20/h5,9,11,18,20,22,25H,2-4,6-8,10,12-17H2,1H3,(H,24,28)(H,29,30). The summed E-state index contributed by atoms with van der Waals surface area (Å²) in [7, 11) is 0. The molecule has 1 aliphatic carbocycles. The van der Waals surface area contributed by atoms with Crippen LogP contribution in [0.25, 0.3) is 0 Å². The van der Waals surface area contributed by atoms with Crippen molar-refractivity contribution in [3.05, 3.63) is 24.3 Å². The molecule has 1 aromatic rings. The van der Waals surface area contributed by atoms with Gasteiger partial charge in [-0.2, -0.15) is 0 Å². The molecular weight excluding hydrogens is 412 g/mol. The first kappa shape index (κ1) is 24.2. The number of nitrogens with one attached hydrogen (secondary N) is 2. The molecule has 2 atom stereocenters. The first-order chi connectivity index (χ1) is 15.0. The van der Waals surface area contributed by atoms with E-state index in [9.17, 15) is 13.6 Å². The van der Waals surface area contributed by atoms with Crippen LogP contribution in [0.5, 0.6) is 0 Å². The van der Waals surface area contributed by atoms with Crippen molar-refractivity contribution in [3.63, 3.8) is 0 Å². The van der Waals surface area contributed by atoms with E-state index in [0.29, 0.717) is 5.92 Å². The fourth-order valence-corrected chi connectivity index (χ4v) is 5.47. The largest absolute Gasteiger partial charge is 0.369 e. The Kier molecular flexibility index (Phi) is 9.77. The molecule has 3 rings (SSSR count). The van der Waals surface area contributed by atoms with Crippen molar-refractivity contribution in [2.24, 2.45) is 5.92 Å². The van der Waals surface area contributed by atoms with E-state index in [4.69, 9.17) is 0 Å². The molecule has 8 heteroatoms. The summed E-state index contributed by atoms with van der Waals surface area (Å²) in [5.74, 6) is 0.648. The molecule has 0 aromatic heterocycles. The highest BCUT2D eigenvalue weighted by Crippen LogP contribution is 2.28. The highest BCUT2D eigenvalue weighted by molar-refractivity contribution is 7.77. The van der Waals surface area contributed by atoms with E-state index >= 15 is 0 Å². The first-order valence-corrected chi connectivity index (χ1v) is 12.8. The van der Waals surface area contributed by atoms with Crippen molar-refractivity contribution in [3.8, 4) is 0 Å². The molecule has 0 radical (unpaired) electrons.